The van der Waals surface area contributed by atoms with E-state index in [4.69, 9.17) is 11.4 Å². The van der Waals surface area contributed by atoms with E-state index in [1.165, 1.54) is 0 Å². The molecule has 0 rings (SSSR count). The summed E-state index contributed by atoms with van der Waals surface area (Å²) in [5.74, 6) is 0. The van der Waals surface area contributed by atoms with Crippen LogP contribution in [0.3, 0.4) is 0 Å². The predicted octanol–water partition coefficient (Wildman–Crippen LogP) is -4.81. The van der Waals surface area contributed by atoms with Crippen LogP contribution in [0.2, 0.25) is 0 Å². The molecule has 0 heterocycles. The van der Waals surface area contributed by atoms with E-state index in [1.54, 1.807) is 0 Å². The Balaban J connectivity index is -0.0000000450. The van der Waals surface area contributed by atoms with Crippen molar-refractivity contribution in [2.45, 2.75) is 0 Å². The van der Waals surface area contributed by atoms with Gasteiger partial charge in [0.1, 0.15) is 0 Å². The van der Waals surface area contributed by atoms with Crippen molar-refractivity contribution in [3.05, 3.63) is 0 Å². The van der Waals surface area contributed by atoms with Gasteiger partial charge in [-0.05, 0) is 0 Å². The molecule has 0 aromatic heterocycles. The predicted molar refractivity (Wildman–Crippen MR) is 7.13 cm³/mol. The van der Waals surface area contributed by atoms with Crippen molar-refractivity contribution in [1.82, 2.24) is 0 Å². The van der Waals surface area contributed by atoms with Gasteiger partial charge in [-0.25, -0.2) is 0 Å². The molecule has 0 N–H and O–H groups in total. The SMILES string of the molecule is [Cl-].[O]=[V](=[O])[O-].[Pb+2]. The fraction of sp³-hybridized carbons (Fsp3) is 0. The van der Waals surface area contributed by atoms with Crippen LogP contribution in [0, 0.1) is 0 Å². The average molecular weight is 342 g/mol. The zero-order chi connectivity index (χ0) is 3.58. The Morgan fingerprint density at radius 1 is 1.33 bits per heavy atom. The summed E-state index contributed by atoms with van der Waals surface area (Å²) in [6.07, 6.45) is 0. The second-order valence-corrected chi connectivity index (χ2v) is 0.922. The monoisotopic (exact) mass is 342 g/mol. The topological polar surface area (TPSA) is 57.2 Å². The Morgan fingerprint density at radius 2 is 1.33 bits per heavy atom. The van der Waals surface area contributed by atoms with Gasteiger partial charge >= 0.3 is 54.1 Å². The first-order valence-electron chi connectivity index (χ1n) is 0.548. The van der Waals surface area contributed by atoms with Crippen molar-refractivity contribution in [1.29, 1.82) is 0 Å². The van der Waals surface area contributed by atoms with Gasteiger partial charge in [-0.2, -0.15) is 0 Å². The van der Waals surface area contributed by atoms with Gasteiger partial charge in [0.2, 0.25) is 0 Å². The molecule has 0 bridgehead atoms. The Kier molecular flexibility index (Phi) is 25.1. The fourth-order valence-corrected chi connectivity index (χ4v) is 0. The van der Waals surface area contributed by atoms with Crippen LogP contribution in [0.15, 0.2) is 0 Å². The van der Waals surface area contributed by atoms with Crippen molar-refractivity contribution >= 4 is 27.3 Å². The van der Waals surface area contributed by atoms with E-state index < -0.39 is 15.4 Å². The number of hydrogen-bond donors (Lipinski definition) is 0. The van der Waals surface area contributed by atoms with Gasteiger partial charge in [-0.3, -0.25) is 0 Å². The molecule has 0 saturated carbocycles. The van der Waals surface area contributed by atoms with Crippen LogP contribution in [0.1, 0.15) is 0 Å². The van der Waals surface area contributed by atoms with Crippen LogP contribution in [0.5, 0.6) is 0 Å². The van der Waals surface area contributed by atoms with Gasteiger partial charge in [0.25, 0.3) is 0 Å². The van der Waals surface area contributed by atoms with E-state index in [2.05, 4.69) is 0 Å². The summed E-state index contributed by atoms with van der Waals surface area (Å²) in [6, 6.07) is 0. The summed E-state index contributed by atoms with van der Waals surface area (Å²) in [7, 11) is 0. The van der Waals surface area contributed by atoms with Crippen molar-refractivity contribution < 1.29 is 39.2 Å². The van der Waals surface area contributed by atoms with E-state index in [1.807, 2.05) is 0 Å². The van der Waals surface area contributed by atoms with E-state index in [0.717, 1.165) is 0 Å². The van der Waals surface area contributed by atoms with Crippen molar-refractivity contribution in [2.75, 3.05) is 0 Å². The number of hydrogen-bond acceptors (Lipinski definition) is 3. The largest absolute Gasteiger partial charge is 2.00 e. The molecule has 0 fully saturated rings. The second kappa shape index (κ2) is 9.61. The second-order valence-electron chi connectivity index (χ2n) is 0.224. The number of halogens is 1. The molecule has 0 aliphatic heterocycles. The third-order valence-corrected chi connectivity index (χ3v) is 0. The molecule has 0 amide bonds. The molecule has 2 radical (unpaired) electrons. The zero-order valence-corrected chi connectivity index (χ0v) is 8.59. The molecule has 0 spiro atoms. The Bertz CT molecular complexity index is 59.2. The van der Waals surface area contributed by atoms with Crippen molar-refractivity contribution in [3.8, 4) is 0 Å². The summed E-state index contributed by atoms with van der Waals surface area (Å²) in [5.41, 5.74) is 0. The fourth-order valence-electron chi connectivity index (χ4n) is 0. The maximum Gasteiger partial charge on any atom is 2.00 e. The van der Waals surface area contributed by atoms with Crippen LogP contribution in [-0.4, -0.2) is 27.3 Å². The van der Waals surface area contributed by atoms with Crippen LogP contribution >= 0.6 is 0 Å². The summed E-state index contributed by atoms with van der Waals surface area (Å²) < 4.78 is 25.7. The third-order valence-electron chi connectivity index (χ3n) is 0. The van der Waals surface area contributed by atoms with Crippen molar-refractivity contribution in [2.24, 2.45) is 0 Å². The first-order valence-corrected chi connectivity index (χ1v) is 2.26. The quantitative estimate of drug-likeness (QED) is 0.416. The van der Waals surface area contributed by atoms with E-state index >= 15 is 0 Å². The molecule has 0 unspecified atom stereocenters. The summed E-state index contributed by atoms with van der Waals surface area (Å²) in [4.78, 5) is 0. The van der Waals surface area contributed by atoms with Crippen LogP contribution < -0.4 is 16.4 Å². The first kappa shape index (κ1) is 15.7. The minimum absolute atomic E-state index is 0. The zero-order valence-electron chi connectivity index (χ0n) is 2.55. The Hall–Kier alpha value is 1.36. The minimum atomic E-state index is -3.94. The van der Waals surface area contributed by atoms with Gasteiger partial charge in [-0.15, -0.1) is 0 Å². The molecule has 6 heteroatoms. The average Bonchev–Trinajstić information content (AvgIpc) is 0.811. The normalized spacial score (nSPS) is 4.17. The summed E-state index contributed by atoms with van der Waals surface area (Å²) in [5, 5.41) is 0. The van der Waals surface area contributed by atoms with Crippen LogP contribution in [-0.2, 0) is 22.7 Å². The van der Waals surface area contributed by atoms with Gasteiger partial charge < -0.3 is 12.4 Å². The molecule has 6 heavy (non-hydrogen) atoms. The molecule has 3 nitrogen and oxygen atoms in total. The van der Waals surface area contributed by atoms with Gasteiger partial charge in [0.05, 0.1) is 0 Å². The Morgan fingerprint density at radius 3 is 1.33 bits per heavy atom. The molecule has 0 aromatic rings. The maximum atomic E-state index is 8.56. The van der Waals surface area contributed by atoms with Crippen LogP contribution in [0.25, 0.3) is 0 Å². The first-order chi connectivity index (χ1) is 1.73. The van der Waals surface area contributed by atoms with Crippen molar-refractivity contribution in [3.63, 3.8) is 0 Å². The molecule has 0 saturated heterocycles. The van der Waals surface area contributed by atoms with E-state index in [0.29, 0.717) is 0 Å². The van der Waals surface area contributed by atoms with Gasteiger partial charge in [-0.1, -0.05) is 0 Å². The van der Waals surface area contributed by atoms with E-state index in [-0.39, 0.29) is 39.7 Å². The minimum Gasteiger partial charge on any atom is 2.00 e. The molecule has 0 atom stereocenters. The Labute approximate surface area is 66.1 Å². The standard InChI is InChI=1S/ClH.3O.Pb.V/h1H;;;;;/q;;;-1;+2;/p-1. The maximum absolute atomic E-state index is 8.56. The molecule has 0 aromatic carbocycles. The molecule has 34 valence electrons. The van der Waals surface area contributed by atoms with Gasteiger partial charge in [0.15, 0.2) is 0 Å². The molecular formula is ClO3PbV. The summed E-state index contributed by atoms with van der Waals surface area (Å²) in [6.45, 7) is 0. The smallest absolute Gasteiger partial charge is 2.00 e. The third kappa shape index (κ3) is 55.2. The molecular weight excluding hydrogens is 342 g/mol. The molecule has 0 aliphatic carbocycles. The summed E-state index contributed by atoms with van der Waals surface area (Å²) >= 11 is -3.94. The number of rotatable bonds is 0. The van der Waals surface area contributed by atoms with Crippen LogP contribution in [0.4, 0.5) is 0 Å². The van der Waals surface area contributed by atoms with E-state index in [9.17, 15) is 0 Å². The van der Waals surface area contributed by atoms with Gasteiger partial charge in [0, 0.05) is 0 Å². The molecule has 0 aliphatic rings.